The molecule has 1 aromatic heterocycles. The Labute approximate surface area is 151 Å². The van der Waals surface area contributed by atoms with E-state index in [-0.39, 0.29) is 5.82 Å². The average molecular weight is 350 g/mol. The van der Waals surface area contributed by atoms with Crippen molar-refractivity contribution in [3.63, 3.8) is 0 Å². The Bertz CT molecular complexity index is 863. The maximum absolute atomic E-state index is 13.1. The number of para-hydroxylation sites is 1. The molecule has 0 saturated carbocycles. The maximum Gasteiger partial charge on any atom is 0.233 e. The Kier molecular flexibility index (Phi) is 4.59. The van der Waals surface area contributed by atoms with Crippen LogP contribution in [0.1, 0.15) is 12.8 Å². The zero-order valence-corrected chi connectivity index (χ0v) is 14.2. The highest BCUT2D eigenvalue weighted by molar-refractivity contribution is 5.59. The first-order valence-corrected chi connectivity index (χ1v) is 8.62. The van der Waals surface area contributed by atoms with Gasteiger partial charge in [-0.2, -0.15) is 15.0 Å². The normalized spacial score (nSPS) is 13.7. The smallest absolute Gasteiger partial charge is 0.233 e. The number of aromatic nitrogens is 3. The van der Waals surface area contributed by atoms with Crippen LogP contribution in [0.4, 0.5) is 33.6 Å². The number of hydrogen-bond donors (Lipinski definition) is 2. The lowest BCUT2D eigenvalue weighted by Crippen LogP contribution is -2.21. The fraction of sp³-hybridized carbons (Fsp3) is 0.211. The molecule has 132 valence electrons. The molecule has 1 aliphatic heterocycles. The largest absolute Gasteiger partial charge is 0.341 e. The van der Waals surface area contributed by atoms with Crippen LogP contribution in [0, 0.1) is 5.82 Å². The van der Waals surface area contributed by atoms with E-state index in [0.29, 0.717) is 17.8 Å². The Morgan fingerprint density at radius 1 is 0.731 bits per heavy atom. The van der Waals surface area contributed by atoms with E-state index < -0.39 is 0 Å². The number of benzene rings is 2. The first-order valence-electron chi connectivity index (χ1n) is 8.62. The van der Waals surface area contributed by atoms with Crippen molar-refractivity contribution in [2.75, 3.05) is 28.6 Å². The van der Waals surface area contributed by atoms with Gasteiger partial charge in [-0.05, 0) is 49.2 Å². The minimum Gasteiger partial charge on any atom is -0.341 e. The Hall–Kier alpha value is -3.22. The Morgan fingerprint density at radius 3 is 1.92 bits per heavy atom. The second-order valence-corrected chi connectivity index (χ2v) is 6.10. The van der Waals surface area contributed by atoms with Gasteiger partial charge in [0.1, 0.15) is 5.82 Å². The van der Waals surface area contributed by atoms with Crippen molar-refractivity contribution in [2.24, 2.45) is 0 Å². The van der Waals surface area contributed by atoms with Crippen LogP contribution in [0.5, 0.6) is 0 Å². The van der Waals surface area contributed by atoms with Gasteiger partial charge in [0.15, 0.2) is 0 Å². The summed E-state index contributed by atoms with van der Waals surface area (Å²) in [5.41, 5.74) is 1.62. The summed E-state index contributed by atoms with van der Waals surface area (Å²) in [6.45, 7) is 1.87. The predicted molar refractivity (Wildman–Crippen MR) is 101 cm³/mol. The zero-order valence-electron chi connectivity index (χ0n) is 14.2. The molecular formula is C19H19FN6. The van der Waals surface area contributed by atoms with Crippen molar-refractivity contribution in [3.05, 3.63) is 60.4 Å². The zero-order chi connectivity index (χ0) is 17.8. The van der Waals surface area contributed by atoms with E-state index in [1.165, 1.54) is 12.1 Å². The maximum atomic E-state index is 13.1. The van der Waals surface area contributed by atoms with Crippen molar-refractivity contribution in [1.29, 1.82) is 0 Å². The third-order valence-electron chi connectivity index (χ3n) is 4.14. The minimum atomic E-state index is -0.282. The first-order chi connectivity index (χ1) is 12.8. The van der Waals surface area contributed by atoms with Crippen LogP contribution in [0.3, 0.4) is 0 Å². The molecule has 0 bridgehead atoms. The van der Waals surface area contributed by atoms with Gasteiger partial charge < -0.3 is 15.5 Å². The fourth-order valence-corrected chi connectivity index (χ4v) is 2.85. The summed E-state index contributed by atoms with van der Waals surface area (Å²) in [4.78, 5) is 15.7. The Balaban J connectivity index is 1.64. The molecule has 0 atom stereocenters. The number of anilines is 5. The summed E-state index contributed by atoms with van der Waals surface area (Å²) in [6, 6.07) is 15.8. The van der Waals surface area contributed by atoms with Crippen LogP contribution >= 0.6 is 0 Å². The quantitative estimate of drug-likeness (QED) is 0.722. The SMILES string of the molecule is Fc1ccc(Nc2nc(Nc3ccccc3)nc(N3CCCC3)n2)cc1. The highest BCUT2D eigenvalue weighted by Crippen LogP contribution is 2.22. The van der Waals surface area contributed by atoms with Crippen molar-refractivity contribution in [2.45, 2.75) is 12.8 Å². The molecule has 0 unspecified atom stereocenters. The third kappa shape index (κ3) is 3.88. The standard InChI is InChI=1S/C19H19FN6/c20-14-8-10-16(11-9-14)22-18-23-17(21-15-6-2-1-3-7-15)24-19(25-18)26-12-4-5-13-26/h1-3,6-11H,4-5,12-13H2,(H2,21,22,23,24,25). The lowest BCUT2D eigenvalue weighted by atomic mass is 10.3. The van der Waals surface area contributed by atoms with Crippen molar-refractivity contribution in [1.82, 2.24) is 15.0 Å². The molecule has 2 aromatic carbocycles. The third-order valence-corrected chi connectivity index (χ3v) is 4.14. The van der Waals surface area contributed by atoms with Gasteiger partial charge in [-0.15, -0.1) is 0 Å². The van der Waals surface area contributed by atoms with E-state index in [4.69, 9.17) is 0 Å². The van der Waals surface area contributed by atoms with Crippen molar-refractivity contribution in [3.8, 4) is 0 Å². The lowest BCUT2D eigenvalue weighted by molar-refractivity contribution is 0.628. The van der Waals surface area contributed by atoms with Gasteiger partial charge in [-0.25, -0.2) is 4.39 Å². The summed E-state index contributed by atoms with van der Waals surface area (Å²) >= 11 is 0. The summed E-state index contributed by atoms with van der Waals surface area (Å²) in [6.07, 6.45) is 2.27. The second kappa shape index (κ2) is 7.35. The Morgan fingerprint density at radius 2 is 1.31 bits per heavy atom. The number of rotatable bonds is 5. The minimum absolute atomic E-state index is 0.282. The highest BCUT2D eigenvalue weighted by Gasteiger charge is 2.17. The average Bonchev–Trinajstić information content (AvgIpc) is 3.19. The van der Waals surface area contributed by atoms with E-state index >= 15 is 0 Å². The van der Waals surface area contributed by atoms with Crippen molar-refractivity contribution < 1.29 is 4.39 Å². The molecular weight excluding hydrogens is 331 g/mol. The molecule has 26 heavy (non-hydrogen) atoms. The molecule has 2 heterocycles. The predicted octanol–water partition coefficient (Wildman–Crippen LogP) is 4.10. The van der Waals surface area contributed by atoms with Crippen LogP contribution < -0.4 is 15.5 Å². The number of halogens is 1. The molecule has 4 rings (SSSR count). The fourth-order valence-electron chi connectivity index (χ4n) is 2.85. The summed E-state index contributed by atoms with van der Waals surface area (Å²) in [5, 5.41) is 6.34. The molecule has 1 aliphatic rings. The topological polar surface area (TPSA) is 66.0 Å². The van der Waals surface area contributed by atoms with Gasteiger partial charge in [-0.3, -0.25) is 0 Å². The van der Waals surface area contributed by atoms with Crippen LogP contribution in [-0.4, -0.2) is 28.0 Å². The van der Waals surface area contributed by atoms with Crippen LogP contribution in [-0.2, 0) is 0 Å². The van der Waals surface area contributed by atoms with Gasteiger partial charge in [0, 0.05) is 24.5 Å². The molecule has 0 amide bonds. The van der Waals surface area contributed by atoms with E-state index in [9.17, 15) is 4.39 Å². The molecule has 6 nitrogen and oxygen atoms in total. The molecule has 0 radical (unpaired) electrons. The molecule has 2 N–H and O–H groups in total. The molecule has 3 aromatic rings. The number of hydrogen-bond acceptors (Lipinski definition) is 6. The van der Waals surface area contributed by atoms with Gasteiger partial charge >= 0.3 is 0 Å². The molecule has 0 aliphatic carbocycles. The highest BCUT2D eigenvalue weighted by atomic mass is 19.1. The summed E-state index contributed by atoms with van der Waals surface area (Å²) in [7, 11) is 0. The monoisotopic (exact) mass is 350 g/mol. The molecule has 1 fully saturated rings. The van der Waals surface area contributed by atoms with E-state index in [1.807, 2.05) is 30.3 Å². The van der Waals surface area contributed by atoms with Gasteiger partial charge in [0.25, 0.3) is 0 Å². The lowest BCUT2D eigenvalue weighted by Gasteiger charge is -2.17. The van der Waals surface area contributed by atoms with Gasteiger partial charge in [0.2, 0.25) is 17.8 Å². The van der Waals surface area contributed by atoms with E-state index in [1.54, 1.807) is 12.1 Å². The summed E-state index contributed by atoms with van der Waals surface area (Å²) in [5.74, 6) is 1.25. The number of nitrogens with one attached hydrogen (secondary N) is 2. The van der Waals surface area contributed by atoms with Crippen LogP contribution in [0.25, 0.3) is 0 Å². The van der Waals surface area contributed by atoms with Crippen LogP contribution in [0.2, 0.25) is 0 Å². The summed E-state index contributed by atoms with van der Waals surface area (Å²) < 4.78 is 13.1. The van der Waals surface area contributed by atoms with Crippen LogP contribution in [0.15, 0.2) is 54.6 Å². The number of nitrogens with zero attached hydrogens (tertiary/aromatic N) is 4. The van der Waals surface area contributed by atoms with Crippen molar-refractivity contribution >= 4 is 29.2 Å². The molecule has 0 spiro atoms. The first kappa shape index (κ1) is 16.3. The van der Waals surface area contributed by atoms with Gasteiger partial charge in [-0.1, -0.05) is 18.2 Å². The molecule has 1 saturated heterocycles. The van der Waals surface area contributed by atoms with E-state index in [2.05, 4.69) is 30.5 Å². The van der Waals surface area contributed by atoms with Gasteiger partial charge in [0.05, 0.1) is 0 Å². The van der Waals surface area contributed by atoms with E-state index in [0.717, 1.165) is 37.3 Å². The molecule has 7 heteroatoms. The second-order valence-electron chi connectivity index (χ2n) is 6.10.